The van der Waals surface area contributed by atoms with Crippen molar-refractivity contribution in [3.8, 4) is 0 Å². The summed E-state index contributed by atoms with van der Waals surface area (Å²) >= 11 is 0. The van der Waals surface area contributed by atoms with E-state index >= 15 is 0 Å². The van der Waals surface area contributed by atoms with Crippen molar-refractivity contribution in [3.05, 3.63) is 35.9 Å². The van der Waals surface area contributed by atoms with Crippen molar-refractivity contribution in [1.82, 2.24) is 0 Å². The molecule has 1 rings (SSSR count). The summed E-state index contributed by atoms with van der Waals surface area (Å²) in [5.41, 5.74) is 0.853. The van der Waals surface area contributed by atoms with E-state index in [0.29, 0.717) is 6.42 Å². The van der Waals surface area contributed by atoms with Crippen LogP contribution >= 0.6 is 0 Å². The number of aliphatic hydroxyl groups is 3. The second-order valence-electron chi connectivity index (χ2n) is 4.17. The Bertz CT molecular complexity index is 286. The molecule has 0 saturated heterocycles. The Morgan fingerprint density at radius 2 is 1.75 bits per heavy atom. The van der Waals surface area contributed by atoms with Crippen LogP contribution in [0.25, 0.3) is 0 Å². The number of aliphatic hydroxyl groups excluding tert-OH is 3. The second kappa shape index (κ2) is 6.63. The van der Waals surface area contributed by atoms with Gasteiger partial charge in [-0.15, -0.1) is 0 Å². The van der Waals surface area contributed by atoms with E-state index in [2.05, 4.69) is 0 Å². The average Bonchev–Trinajstić information content (AvgIpc) is 2.35. The lowest BCUT2D eigenvalue weighted by molar-refractivity contribution is 0.0461. The SMILES string of the molecule is C[C@@H]([C@@H](CO)CCO)[C@H](O)c1ccccc1. The molecule has 0 amide bonds. The van der Waals surface area contributed by atoms with Gasteiger partial charge in [-0.25, -0.2) is 0 Å². The van der Waals surface area contributed by atoms with E-state index < -0.39 is 6.10 Å². The third-order valence-electron chi connectivity index (χ3n) is 3.12. The number of hydrogen-bond acceptors (Lipinski definition) is 3. The molecule has 0 unspecified atom stereocenters. The van der Waals surface area contributed by atoms with Crippen LogP contribution < -0.4 is 0 Å². The highest BCUT2D eigenvalue weighted by molar-refractivity contribution is 5.18. The van der Waals surface area contributed by atoms with Gasteiger partial charge in [0.25, 0.3) is 0 Å². The first kappa shape index (κ1) is 13.2. The van der Waals surface area contributed by atoms with Gasteiger partial charge < -0.3 is 15.3 Å². The van der Waals surface area contributed by atoms with Gasteiger partial charge in [0, 0.05) is 13.2 Å². The highest BCUT2D eigenvalue weighted by Gasteiger charge is 2.24. The van der Waals surface area contributed by atoms with Crippen LogP contribution in [-0.4, -0.2) is 28.5 Å². The van der Waals surface area contributed by atoms with E-state index in [0.717, 1.165) is 5.56 Å². The van der Waals surface area contributed by atoms with Gasteiger partial charge in [0.2, 0.25) is 0 Å². The minimum atomic E-state index is -0.593. The summed E-state index contributed by atoms with van der Waals surface area (Å²) < 4.78 is 0. The van der Waals surface area contributed by atoms with Gasteiger partial charge >= 0.3 is 0 Å². The van der Waals surface area contributed by atoms with E-state index in [1.165, 1.54) is 0 Å². The first-order valence-corrected chi connectivity index (χ1v) is 5.65. The molecule has 1 aromatic carbocycles. The third-order valence-corrected chi connectivity index (χ3v) is 3.12. The molecule has 3 N–H and O–H groups in total. The zero-order valence-corrected chi connectivity index (χ0v) is 9.58. The van der Waals surface area contributed by atoms with Crippen LogP contribution in [0.15, 0.2) is 30.3 Å². The van der Waals surface area contributed by atoms with Crippen molar-refractivity contribution in [2.45, 2.75) is 19.4 Å². The average molecular weight is 224 g/mol. The van der Waals surface area contributed by atoms with E-state index in [9.17, 15) is 10.2 Å². The van der Waals surface area contributed by atoms with Crippen LogP contribution in [0.4, 0.5) is 0 Å². The molecule has 0 spiro atoms. The predicted molar refractivity (Wildman–Crippen MR) is 62.8 cm³/mol. The summed E-state index contributed by atoms with van der Waals surface area (Å²) in [6, 6.07) is 9.40. The summed E-state index contributed by atoms with van der Waals surface area (Å²) in [6.45, 7) is 1.93. The number of benzene rings is 1. The Balaban J connectivity index is 2.69. The Kier molecular flexibility index (Phi) is 5.46. The minimum Gasteiger partial charge on any atom is -0.396 e. The fourth-order valence-corrected chi connectivity index (χ4v) is 1.90. The lowest BCUT2D eigenvalue weighted by Crippen LogP contribution is -2.23. The van der Waals surface area contributed by atoms with Gasteiger partial charge in [-0.2, -0.15) is 0 Å². The van der Waals surface area contributed by atoms with Crippen molar-refractivity contribution < 1.29 is 15.3 Å². The Morgan fingerprint density at radius 3 is 2.25 bits per heavy atom. The van der Waals surface area contributed by atoms with Crippen LogP contribution in [0.5, 0.6) is 0 Å². The molecule has 0 aliphatic carbocycles. The monoisotopic (exact) mass is 224 g/mol. The first-order valence-electron chi connectivity index (χ1n) is 5.65. The molecule has 0 fully saturated rings. The Morgan fingerprint density at radius 1 is 1.12 bits per heavy atom. The fraction of sp³-hybridized carbons (Fsp3) is 0.538. The topological polar surface area (TPSA) is 60.7 Å². The quantitative estimate of drug-likeness (QED) is 0.683. The van der Waals surface area contributed by atoms with Crippen LogP contribution in [0, 0.1) is 11.8 Å². The first-order chi connectivity index (χ1) is 7.70. The van der Waals surface area contributed by atoms with Gasteiger partial charge in [0.05, 0.1) is 6.10 Å². The summed E-state index contributed by atoms with van der Waals surface area (Å²) in [4.78, 5) is 0. The summed E-state index contributed by atoms with van der Waals surface area (Å²) in [7, 11) is 0. The molecule has 0 aliphatic rings. The molecule has 0 saturated carbocycles. The summed E-state index contributed by atoms with van der Waals surface area (Å²) in [5, 5.41) is 28.2. The molecular weight excluding hydrogens is 204 g/mol. The molecule has 3 atom stereocenters. The molecule has 0 aliphatic heterocycles. The van der Waals surface area contributed by atoms with E-state index in [-0.39, 0.29) is 25.0 Å². The molecule has 1 aromatic rings. The highest BCUT2D eigenvalue weighted by atomic mass is 16.3. The molecule has 0 bridgehead atoms. The zero-order chi connectivity index (χ0) is 12.0. The second-order valence-corrected chi connectivity index (χ2v) is 4.17. The minimum absolute atomic E-state index is 0.00831. The Labute approximate surface area is 96.4 Å². The van der Waals surface area contributed by atoms with Crippen molar-refractivity contribution in [2.24, 2.45) is 11.8 Å². The summed E-state index contributed by atoms with van der Waals surface area (Å²) in [5.74, 6) is -0.139. The standard InChI is InChI=1S/C13H20O3/c1-10(12(9-15)7-8-14)13(16)11-5-3-2-4-6-11/h2-6,10,12-16H,7-9H2,1H3/t10-,12+,13-/m0/s1. The lowest BCUT2D eigenvalue weighted by atomic mass is 9.84. The van der Waals surface area contributed by atoms with Gasteiger partial charge in [0.1, 0.15) is 0 Å². The van der Waals surface area contributed by atoms with Crippen molar-refractivity contribution in [3.63, 3.8) is 0 Å². The number of hydrogen-bond donors (Lipinski definition) is 3. The lowest BCUT2D eigenvalue weighted by Gasteiger charge is -2.26. The smallest absolute Gasteiger partial charge is 0.0819 e. The maximum Gasteiger partial charge on any atom is 0.0819 e. The Hall–Kier alpha value is -0.900. The van der Waals surface area contributed by atoms with Crippen LogP contribution in [0.1, 0.15) is 25.0 Å². The van der Waals surface area contributed by atoms with Crippen LogP contribution in [0.2, 0.25) is 0 Å². The molecule has 0 aromatic heterocycles. The van der Waals surface area contributed by atoms with Crippen molar-refractivity contribution in [2.75, 3.05) is 13.2 Å². The molecule has 3 heteroatoms. The van der Waals surface area contributed by atoms with Gasteiger partial charge in [-0.3, -0.25) is 0 Å². The molecule has 0 radical (unpaired) electrons. The maximum absolute atomic E-state index is 10.1. The van der Waals surface area contributed by atoms with Gasteiger partial charge in [-0.1, -0.05) is 37.3 Å². The van der Waals surface area contributed by atoms with Crippen molar-refractivity contribution in [1.29, 1.82) is 0 Å². The highest BCUT2D eigenvalue weighted by Crippen LogP contribution is 2.29. The summed E-state index contributed by atoms with van der Waals surface area (Å²) in [6.07, 6.45) is -0.0772. The van der Waals surface area contributed by atoms with Gasteiger partial charge in [-0.05, 0) is 23.8 Å². The normalized spacial score (nSPS) is 16.8. The van der Waals surface area contributed by atoms with Crippen LogP contribution in [-0.2, 0) is 0 Å². The molecular formula is C13H20O3. The van der Waals surface area contributed by atoms with Gasteiger partial charge in [0.15, 0.2) is 0 Å². The fourth-order valence-electron chi connectivity index (χ4n) is 1.90. The zero-order valence-electron chi connectivity index (χ0n) is 9.58. The van der Waals surface area contributed by atoms with E-state index in [1.807, 2.05) is 37.3 Å². The van der Waals surface area contributed by atoms with E-state index in [4.69, 9.17) is 5.11 Å². The van der Waals surface area contributed by atoms with Crippen molar-refractivity contribution >= 4 is 0 Å². The molecule has 90 valence electrons. The molecule has 0 heterocycles. The maximum atomic E-state index is 10.1. The largest absolute Gasteiger partial charge is 0.396 e. The molecule has 16 heavy (non-hydrogen) atoms. The number of rotatable bonds is 6. The van der Waals surface area contributed by atoms with E-state index in [1.54, 1.807) is 0 Å². The third kappa shape index (κ3) is 3.30. The van der Waals surface area contributed by atoms with Crippen LogP contribution in [0.3, 0.4) is 0 Å². The molecule has 3 nitrogen and oxygen atoms in total. The predicted octanol–water partition coefficient (Wildman–Crippen LogP) is 1.35.